The lowest BCUT2D eigenvalue weighted by atomic mass is 9.83. The maximum absolute atomic E-state index is 13.7. The maximum atomic E-state index is 13.7. The molecule has 0 spiro atoms. The molecule has 0 amide bonds. The first kappa shape index (κ1) is 16.6. The number of rotatable bonds is 3. The van der Waals surface area contributed by atoms with Crippen LogP contribution in [0.25, 0.3) is 5.65 Å². The summed E-state index contributed by atoms with van der Waals surface area (Å²) < 4.78 is 46.3. The summed E-state index contributed by atoms with van der Waals surface area (Å²) >= 11 is 0. The molecule has 0 aliphatic heterocycles. The van der Waals surface area contributed by atoms with Gasteiger partial charge in [-0.1, -0.05) is 0 Å². The van der Waals surface area contributed by atoms with Crippen molar-refractivity contribution in [2.75, 3.05) is 7.11 Å². The van der Waals surface area contributed by atoms with Crippen LogP contribution in [0.3, 0.4) is 0 Å². The third-order valence-electron chi connectivity index (χ3n) is 4.85. The van der Waals surface area contributed by atoms with Crippen LogP contribution in [-0.4, -0.2) is 37.5 Å². The highest BCUT2D eigenvalue weighted by Gasteiger charge is 2.49. The van der Waals surface area contributed by atoms with Crippen molar-refractivity contribution in [1.82, 2.24) is 24.4 Å². The van der Waals surface area contributed by atoms with Gasteiger partial charge in [-0.25, -0.2) is 14.2 Å². The zero-order chi connectivity index (χ0) is 18.6. The topological polar surface area (TPSA) is 74.3 Å². The lowest BCUT2D eigenvalue weighted by Crippen LogP contribution is -2.25. The van der Waals surface area contributed by atoms with Gasteiger partial charge in [-0.15, -0.1) is 5.10 Å². The Morgan fingerprint density at radius 2 is 2.19 bits per heavy atom. The van der Waals surface area contributed by atoms with Gasteiger partial charge in [0.15, 0.2) is 5.65 Å². The van der Waals surface area contributed by atoms with Gasteiger partial charge in [0.25, 0.3) is 0 Å². The Bertz CT molecular complexity index is 1010. The smallest absolute Gasteiger partial charge is 0.333 e. The minimum atomic E-state index is -2.79. The normalized spacial score (nSPS) is 22.2. The van der Waals surface area contributed by atoms with Gasteiger partial charge in [0.2, 0.25) is 5.95 Å². The summed E-state index contributed by atoms with van der Waals surface area (Å²) in [4.78, 5) is 16.4. The second-order valence-electron chi connectivity index (χ2n) is 6.37. The molecule has 3 aromatic rings. The Morgan fingerprint density at radius 3 is 2.85 bits per heavy atom. The van der Waals surface area contributed by atoms with E-state index in [1.54, 1.807) is 6.92 Å². The van der Waals surface area contributed by atoms with E-state index in [0.29, 0.717) is 21.6 Å². The van der Waals surface area contributed by atoms with E-state index >= 15 is 0 Å². The molecule has 10 heteroatoms. The number of hydrogen-bond donors (Lipinski definition) is 0. The average Bonchev–Trinajstić information content (AvgIpc) is 3.29. The molecule has 0 bridgehead atoms. The number of nitrogens with zero attached hydrogens (tertiary/aromatic N) is 5. The minimum absolute atomic E-state index is 0.220. The highest BCUT2D eigenvalue weighted by molar-refractivity contribution is 5.80. The quantitative estimate of drug-likeness (QED) is 0.667. The number of esters is 1. The van der Waals surface area contributed by atoms with E-state index in [9.17, 15) is 18.0 Å². The monoisotopic (exact) mass is 365 g/mol. The molecule has 0 radical (unpaired) electrons. The third-order valence-corrected chi connectivity index (χ3v) is 4.85. The number of alkyl halides is 2. The molecule has 7 nitrogen and oxygen atoms in total. The molecular formula is C16H14F3N5O2. The van der Waals surface area contributed by atoms with Crippen LogP contribution in [0.2, 0.25) is 0 Å². The van der Waals surface area contributed by atoms with Gasteiger partial charge in [-0.2, -0.15) is 18.3 Å². The van der Waals surface area contributed by atoms with Crippen LogP contribution in [0.4, 0.5) is 13.2 Å². The summed E-state index contributed by atoms with van der Waals surface area (Å²) in [5, 5.41) is 7.77. The number of halogens is 3. The predicted octanol–water partition coefficient (Wildman–Crippen LogP) is 2.43. The molecule has 1 unspecified atom stereocenters. The lowest BCUT2D eigenvalue weighted by Gasteiger charge is -2.23. The van der Waals surface area contributed by atoms with Gasteiger partial charge in [0.05, 0.1) is 29.8 Å². The Balaban J connectivity index is 1.97. The number of carbonyl (C=O) groups is 1. The molecule has 0 saturated heterocycles. The fourth-order valence-electron chi connectivity index (χ4n) is 3.66. The van der Waals surface area contributed by atoms with Crippen molar-refractivity contribution in [3.8, 4) is 0 Å². The van der Waals surface area contributed by atoms with Crippen LogP contribution in [0, 0.1) is 5.95 Å². The van der Waals surface area contributed by atoms with E-state index in [2.05, 4.69) is 15.2 Å². The Labute approximate surface area is 145 Å². The van der Waals surface area contributed by atoms with E-state index < -0.39 is 29.8 Å². The highest BCUT2D eigenvalue weighted by Crippen LogP contribution is 2.49. The Morgan fingerprint density at radius 1 is 1.42 bits per heavy atom. The highest BCUT2D eigenvalue weighted by atomic mass is 19.3. The number of methoxy groups -OCH3 is 1. The number of carbonyl (C=O) groups excluding carboxylic acids is 1. The standard InChI is InChI=1S/C16H14F3N5O2/c1-16(10-3-4-23(21-10)15(18)19)6-8(14(25)26-2)9-7-20-12-5-11(17)22-24(12)13(9)16/h3-5,7-8,15H,6H2,1-2H3/t8?,16-/m1/s1. The van der Waals surface area contributed by atoms with Crippen molar-refractivity contribution in [1.29, 1.82) is 0 Å². The van der Waals surface area contributed by atoms with E-state index in [1.165, 1.54) is 30.1 Å². The molecule has 1 aliphatic rings. The molecule has 3 aromatic heterocycles. The average molecular weight is 365 g/mol. The zero-order valence-electron chi connectivity index (χ0n) is 13.9. The van der Waals surface area contributed by atoms with Crippen LogP contribution >= 0.6 is 0 Å². The number of fused-ring (bicyclic) bond motifs is 3. The van der Waals surface area contributed by atoms with Gasteiger partial charge in [0.1, 0.15) is 0 Å². The van der Waals surface area contributed by atoms with E-state index in [0.717, 1.165) is 6.07 Å². The molecule has 0 saturated carbocycles. The largest absolute Gasteiger partial charge is 0.469 e. The first-order valence-electron chi connectivity index (χ1n) is 7.81. The second-order valence-corrected chi connectivity index (χ2v) is 6.37. The summed E-state index contributed by atoms with van der Waals surface area (Å²) in [7, 11) is 1.27. The van der Waals surface area contributed by atoms with Crippen molar-refractivity contribution < 1.29 is 22.7 Å². The molecule has 1 aliphatic carbocycles. The van der Waals surface area contributed by atoms with Gasteiger partial charge >= 0.3 is 12.5 Å². The molecular weight excluding hydrogens is 351 g/mol. The molecule has 0 fully saturated rings. The van der Waals surface area contributed by atoms with E-state index in [4.69, 9.17) is 4.74 Å². The first-order valence-corrected chi connectivity index (χ1v) is 7.81. The SMILES string of the molecule is COC(=O)C1C[C@](C)(c2ccn(C(F)F)n2)c2c1cnc1cc(F)nn21. The van der Waals surface area contributed by atoms with Crippen LogP contribution in [-0.2, 0) is 14.9 Å². The van der Waals surface area contributed by atoms with Crippen molar-refractivity contribution >= 4 is 11.6 Å². The van der Waals surface area contributed by atoms with Gasteiger partial charge in [0, 0.05) is 24.0 Å². The predicted molar refractivity (Wildman–Crippen MR) is 82.3 cm³/mol. The number of hydrogen-bond acceptors (Lipinski definition) is 5. The second kappa shape index (κ2) is 5.55. The fourth-order valence-corrected chi connectivity index (χ4v) is 3.66. The van der Waals surface area contributed by atoms with E-state index in [1.807, 2.05) is 0 Å². The van der Waals surface area contributed by atoms with Crippen molar-refractivity contribution in [2.24, 2.45) is 0 Å². The Kier molecular flexibility index (Phi) is 3.53. The van der Waals surface area contributed by atoms with Crippen LogP contribution in [0.5, 0.6) is 0 Å². The molecule has 2 atom stereocenters. The first-order chi connectivity index (χ1) is 12.3. The number of ether oxygens (including phenoxy) is 1. The summed E-state index contributed by atoms with van der Waals surface area (Å²) in [5.41, 5.74) is 0.636. The zero-order valence-corrected chi connectivity index (χ0v) is 13.9. The van der Waals surface area contributed by atoms with E-state index in [-0.39, 0.29) is 12.1 Å². The number of aromatic nitrogens is 5. The summed E-state index contributed by atoms with van der Waals surface area (Å²) in [6.07, 6.45) is 2.86. The molecule has 0 N–H and O–H groups in total. The van der Waals surface area contributed by atoms with Crippen LogP contribution < -0.4 is 0 Å². The van der Waals surface area contributed by atoms with Crippen molar-refractivity contribution in [3.05, 3.63) is 47.4 Å². The lowest BCUT2D eigenvalue weighted by molar-refractivity contribution is -0.142. The fraction of sp³-hybridized carbons (Fsp3) is 0.375. The van der Waals surface area contributed by atoms with Crippen LogP contribution in [0.1, 0.15) is 42.8 Å². The van der Waals surface area contributed by atoms with Gasteiger partial charge in [-0.3, -0.25) is 4.79 Å². The van der Waals surface area contributed by atoms with Crippen molar-refractivity contribution in [2.45, 2.75) is 31.2 Å². The molecule has 26 heavy (non-hydrogen) atoms. The van der Waals surface area contributed by atoms with Crippen molar-refractivity contribution in [3.63, 3.8) is 0 Å². The summed E-state index contributed by atoms with van der Waals surface area (Å²) in [6.45, 7) is -1.03. The summed E-state index contributed by atoms with van der Waals surface area (Å²) in [6, 6.07) is 2.62. The third kappa shape index (κ3) is 2.21. The molecule has 3 heterocycles. The maximum Gasteiger partial charge on any atom is 0.333 e. The minimum Gasteiger partial charge on any atom is -0.469 e. The molecule has 0 aromatic carbocycles. The van der Waals surface area contributed by atoms with Crippen LogP contribution in [0.15, 0.2) is 24.5 Å². The Hall–Kier alpha value is -2.91. The molecule has 136 valence electrons. The molecule has 4 rings (SSSR count). The summed E-state index contributed by atoms with van der Waals surface area (Å²) in [5.74, 6) is -1.90. The van der Waals surface area contributed by atoms with Gasteiger partial charge in [-0.05, 0) is 19.4 Å². The van der Waals surface area contributed by atoms with Gasteiger partial charge < -0.3 is 4.74 Å².